The van der Waals surface area contributed by atoms with Gasteiger partial charge in [-0.15, -0.1) is 0 Å². The molecule has 2 fully saturated rings. The molecule has 3 heteroatoms. The van der Waals surface area contributed by atoms with E-state index in [-0.39, 0.29) is 17.9 Å². The van der Waals surface area contributed by atoms with E-state index in [0.717, 1.165) is 31.2 Å². The van der Waals surface area contributed by atoms with E-state index in [4.69, 9.17) is 0 Å². The highest BCUT2D eigenvalue weighted by molar-refractivity contribution is 5.96. The van der Waals surface area contributed by atoms with Gasteiger partial charge in [0, 0.05) is 30.5 Å². The molecule has 0 N–H and O–H groups in total. The number of ketones is 1. The number of fused-ring (bicyclic) bond motifs is 1. The number of hydrogen-bond donors (Lipinski definition) is 0. The van der Waals surface area contributed by atoms with Crippen molar-refractivity contribution in [1.29, 1.82) is 0 Å². The average Bonchev–Trinajstić information content (AvgIpc) is 2.48. The van der Waals surface area contributed by atoms with Gasteiger partial charge in [-0.25, -0.2) is 0 Å². The van der Waals surface area contributed by atoms with Crippen LogP contribution in [-0.2, 0) is 4.79 Å². The molecule has 0 aromatic heterocycles. The van der Waals surface area contributed by atoms with Gasteiger partial charge in [0.05, 0.1) is 0 Å². The zero-order valence-corrected chi connectivity index (χ0v) is 11.0. The topological polar surface area (TPSA) is 37.4 Å². The van der Waals surface area contributed by atoms with E-state index in [0.29, 0.717) is 18.7 Å². The zero-order chi connectivity index (χ0) is 13.2. The number of likely N-dealkylation sites (tertiary alicyclic amines) is 1. The summed E-state index contributed by atoms with van der Waals surface area (Å²) < 4.78 is 0. The van der Waals surface area contributed by atoms with Gasteiger partial charge in [0.15, 0.2) is 0 Å². The van der Waals surface area contributed by atoms with Crippen LogP contribution >= 0.6 is 0 Å². The molecule has 0 radical (unpaired) electrons. The van der Waals surface area contributed by atoms with Crippen LogP contribution in [0.5, 0.6) is 0 Å². The van der Waals surface area contributed by atoms with Crippen molar-refractivity contribution in [3.63, 3.8) is 0 Å². The Morgan fingerprint density at radius 1 is 1.11 bits per heavy atom. The van der Waals surface area contributed by atoms with Crippen molar-refractivity contribution in [1.82, 2.24) is 4.90 Å². The van der Waals surface area contributed by atoms with E-state index >= 15 is 0 Å². The summed E-state index contributed by atoms with van der Waals surface area (Å²) in [6.07, 6.45) is 4.73. The van der Waals surface area contributed by atoms with Crippen LogP contribution in [0.1, 0.15) is 42.5 Å². The lowest BCUT2D eigenvalue weighted by molar-refractivity contribution is -0.129. The van der Waals surface area contributed by atoms with Gasteiger partial charge in [-0.05, 0) is 25.0 Å². The molecule has 100 valence electrons. The molecule has 2 atom stereocenters. The maximum Gasteiger partial charge on any atom is 0.254 e. The molecule has 3 nitrogen and oxygen atoms in total. The van der Waals surface area contributed by atoms with Crippen molar-refractivity contribution < 1.29 is 9.59 Å². The first-order valence-corrected chi connectivity index (χ1v) is 7.16. The molecule has 1 amide bonds. The number of piperidine rings is 1. The summed E-state index contributed by atoms with van der Waals surface area (Å²) in [5.41, 5.74) is 0.737. The number of nitrogens with zero attached hydrogens (tertiary/aromatic N) is 1. The Hall–Kier alpha value is -1.64. The van der Waals surface area contributed by atoms with Crippen molar-refractivity contribution in [2.24, 2.45) is 5.92 Å². The van der Waals surface area contributed by atoms with E-state index in [9.17, 15) is 9.59 Å². The molecule has 1 aromatic carbocycles. The van der Waals surface area contributed by atoms with Crippen LogP contribution in [0.15, 0.2) is 30.3 Å². The number of amides is 1. The van der Waals surface area contributed by atoms with Gasteiger partial charge in [-0.2, -0.15) is 0 Å². The molecule has 1 heterocycles. The highest BCUT2D eigenvalue weighted by Gasteiger charge is 2.40. The Bertz CT molecular complexity index is 483. The number of rotatable bonds is 1. The maximum atomic E-state index is 12.6. The van der Waals surface area contributed by atoms with Gasteiger partial charge in [0.1, 0.15) is 5.78 Å². The summed E-state index contributed by atoms with van der Waals surface area (Å²) >= 11 is 0. The zero-order valence-electron chi connectivity index (χ0n) is 11.0. The first-order chi connectivity index (χ1) is 9.27. The Labute approximate surface area is 113 Å². The number of hydrogen-bond acceptors (Lipinski definition) is 2. The molecular formula is C16H19NO2. The van der Waals surface area contributed by atoms with Crippen LogP contribution in [-0.4, -0.2) is 29.2 Å². The van der Waals surface area contributed by atoms with E-state index in [2.05, 4.69) is 0 Å². The minimum Gasteiger partial charge on any atom is -0.334 e. The lowest BCUT2D eigenvalue weighted by Crippen LogP contribution is -2.53. The van der Waals surface area contributed by atoms with Gasteiger partial charge >= 0.3 is 0 Å². The fourth-order valence-electron chi connectivity index (χ4n) is 3.44. The molecule has 1 saturated heterocycles. The highest BCUT2D eigenvalue weighted by Crippen LogP contribution is 2.34. The SMILES string of the molecule is O=C1CCN(C(=O)c2ccccc2)[C@H]2CCCC[C@H]12. The highest BCUT2D eigenvalue weighted by atomic mass is 16.2. The van der Waals surface area contributed by atoms with E-state index in [1.165, 1.54) is 0 Å². The summed E-state index contributed by atoms with van der Waals surface area (Å²) in [6.45, 7) is 0.591. The van der Waals surface area contributed by atoms with Crippen LogP contribution in [0.2, 0.25) is 0 Å². The molecule has 0 spiro atoms. The van der Waals surface area contributed by atoms with Crippen molar-refractivity contribution in [2.45, 2.75) is 38.1 Å². The Kier molecular flexibility index (Phi) is 3.36. The van der Waals surface area contributed by atoms with Crippen molar-refractivity contribution in [3.8, 4) is 0 Å². The minimum atomic E-state index is 0.0880. The Morgan fingerprint density at radius 3 is 2.63 bits per heavy atom. The van der Waals surface area contributed by atoms with Crippen molar-refractivity contribution in [3.05, 3.63) is 35.9 Å². The third kappa shape index (κ3) is 2.29. The van der Waals surface area contributed by atoms with Gasteiger partial charge in [0.25, 0.3) is 5.91 Å². The van der Waals surface area contributed by atoms with Crippen LogP contribution in [0.3, 0.4) is 0 Å². The third-order valence-corrected chi connectivity index (χ3v) is 4.42. The van der Waals surface area contributed by atoms with E-state index in [1.807, 2.05) is 35.2 Å². The quantitative estimate of drug-likeness (QED) is 0.775. The second-order valence-electron chi connectivity index (χ2n) is 5.54. The smallest absolute Gasteiger partial charge is 0.254 e. The first-order valence-electron chi connectivity index (χ1n) is 7.16. The average molecular weight is 257 g/mol. The second-order valence-corrected chi connectivity index (χ2v) is 5.54. The van der Waals surface area contributed by atoms with E-state index in [1.54, 1.807) is 0 Å². The number of carbonyl (C=O) groups is 2. The van der Waals surface area contributed by atoms with Crippen LogP contribution in [0.25, 0.3) is 0 Å². The predicted octanol–water partition coefficient (Wildman–Crippen LogP) is 2.66. The number of Topliss-reactive ketones (excluding diaryl/α,β-unsaturated/α-hetero) is 1. The lowest BCUT2D eigenvalue weighted by atomic mass is 9.77. The number of carbonyl (C=O) groups excluding carboxylic acids is 2. The van der Waals surface area contributed by atoms with Gasteiger partial charge in [-0.3, -0.25) is 9.59 Å². The van der Waals surface area contributed by atoms with Crippen LogP contribution in [0, 0.1) is 5.92 Å². The molecule has 1 saturated carbocycles. The fourth-order valence-corrected chi connectivity index (χ4v) is 3.44. The fraction of sp³-hybridized carbons (Fsp3) is 0.500. The monoisotopic (exact) mass is 257 g/mol. The molecule has 19 heavy (non-hydrogen) atoms. The predicted molar refractivity (Wildman–Crippen MR) is 72.8 cm³/mol. The first kappa shape index (κ1) is 12.4. The molecule has 1 aromatic rings. The number of benzene rings is 1. The van der Waals surface area contributed by atoms with Gasteiger partial charge in [0.2, 0.25) is 0 Å². The second kappa shape index (κ2) is 5.16. The molecule has 1 aliphatic carbocycles. The minimum absolute atomic E-state index is 0.0880. The summed E-state index contributed by atoms with van der Waals surface area (Å²) in [6, 6.07) is 9.55. The Balaban J connectivity index is 1.84. The summed E-state index contributed by atoms with van der Waals surface area (Å²) in [5, 5.41) is 0. The molecular weight excluding hydrogens is 238 g/mol. The summed E-state index contributed by atoms with van der Waals surface area (Å²) in [4.78, 5) is 26.5. The van der Waals surface area contributed by atoms with Crippen molar-refractivity contribution in [2.75, 3.05) is 6.54 Å². The third-order valence-electron chi connectivity index (χ3n) is 4.42. The lowest BCUT2D eigenvalue weighted by Gasteiger charge is -2.43. The molecule has 0 unspecified atom stereocenters. The van der Waals surface area contributed by atoms with Crippen molar-refractivity contribution >= 4 is 11.7 Å². The normalized spacial score (nSPS) is 26.9. The molecule has 1 aliphatic heterocycles. The van der Waals surface area contributed by atoms with Gasteiger partial charge in [-0.1, -0.05) is 31.0 Å². The van der Waals surface area contributed by atoms with Gasteiger partial charge < -0.3 is 4.90 Å². The standard InChI is InChI=1S/C16H19NO2/c18-15-10-11-17(14-9-5-4-8-13(14)15)16(19)12-6-2-1-3-7-12/h1-3,6-7,13-14H,4-5,8-11H2/t13-,14-/m0/s1. The molecule has 0 bridgehead atoms. The summed E-state index contributed by atoms with van der Waals surface area (Å²) in [5.74, 6) is 0.543. The molecule has 3 rings (SSSR count). The van der Waals surface area contributed by atoms with Crippen LogP contribution < -0.4 is 0 Å². The molecule has 2 aliphatic rings. The maximum absolute atomic E-state index is 12.6. The van der Waals surface area contributed by atoms with E-state index < -0.39 is 0 Å². The largest absolute Gasteiger partial charge is 0.334 e. The summed E-state index contributed by atoms with van der Waals surface area (Å²) in [7, 11) is 0. The Morgan fingerprint density at radius 2 is 1.84 bits per heavy atom. The van der Waals surface area contributed by atoms with Crippen LogP contribution in [0.4, 0.5) is 0 Å².